The predicted molar refractivity (Wildman–Crippen MR) is 37.0 cm³/mol. The molecule has 0 spiro atoms. The normalized spacial score (nSPS) is 24.8. The maximum atomic E-state index is 10.6. The van der Waals surface area contributed by atoms with Crippen LogP contribution in [0.25, 0.3) is 0 Å². The Morgan fingerprint density at radius 1 is 1.64 bits per heavy atom. The average molecular weight is 165 g/mol. The van der Waals surface area contributed by atoms with Crippen LogP contribution >= 0.6 is 0 Å². The van der Waals surface area contributed by atoms with Crippen molar-refractivity contribution >= 4 is 11.9 Å². The van der Waals surface area contributed by atoms with Gasteiger partial charge in [-0.05, 0) is 6.40 Å². The second-order valence-electron chi connectivity index (χ2n) is 1.87. The van der Waals surface area contributed by atoms with E-state index in [1.807, 2.05) is 0 Å². The van der Waals surface area contributed by atoms with Crippen molar-refractivity contribution in [2.45, 2.75) is 19.3 Å². The van der Waals surface area contributed by atoms with Crippen molar-refractivity contribution in [3.8, 4) is 0 Å². The van der Waals surface area contributed by atoms with E-state index >= 15 is 0 Å². The summed E-state index contributed by atoms with van der Waals surface area (Å²) in [6, 6.07) is -1.84. The lowest BCUT2D eigenvalue weighted by atomic mass is 10.0. The summed E-state index contributed by atoms with van der Waals surface area (Å²) < 4.78 is 27.8. The molecule has 4 N–H and O–H groups in total. The molecule has 0 unspecified atom stereocenters. The molecule has 0 aliphatic carbocycles. The monoisotopic (exact) mass is 165 g/mol. The van der Waals surface area contributed by atoms with Crippen LogP contribution in [0.1, 0.15) is 18.7 Å². The quantitative estimate of drug-likeness (QED) is 0.521. The summed E-state index contributed by atoms with van der Waals surface area (Å²) in [6.07, 6.45) is -1.92. The van der Waals surface area contributed by atoms with E-state index in [1.54, 1.807) is 0 Å². The predicted octanol–water partition coefficient (Wildman–Crippen LogP) is -0.491. The average Bonchev–Trinajstić information content (AvgIpc) is 1.98. The minimum atomic E-state index is -2.95. The fraction of sp³-hybridized carbons (Fsp3) is 0.667. The van der Waals surface area contributed by atoms with Crippen molar-refractivity contribution < 1.29 is 25.3 Å². The molecule has 0 aromatic heterocycles. The van der Waals surface area contributed by atoms with Gasteiger partial charge in [0.2, 0.25) is 0 Å². The number of hydrogen-bond donors (Lipinski definition) is 3. The first-order chi connectivity index (χ1) is 6.59. The van der Waals surface area contributed by atoms with Gasteiger partial charge in [-0.1, -0.05) is 6.85 Å². The summed E-state index contributed by atoms with van der Waals surface area (Å²) in [6.45, 7) is -2.95. The zero-order valence-corrected chi connectivity index (χ0v) is 5.52. The molecule has 0 amide bonds. The van der Waals surface area contributed by atoms with Crippen molar-refractivity contribution in [3.05, 3.63) is 0 Å². The van der Waals surface area contributed by atoms with Gasteiger partial charge in [0.1, 0.15) is 6.04 Å². The Morgan fingerprint density at radius 3 is 2.45 bits per heavy atom. The topological polar surface area (TPSA) is 101 Å². The highest BCUT2D eigenvalue weighted by Crippen LogP contribution is 2.04. The van der Waals surface area contributed by atoms with Gasteiger partial charge < -0.3 is 15.9 Å². The molecule has 3 atom stereocenters. The van der Waals surface area contributed by atoms with Gasteiger partial charge in [0, 0.05) is 5.48 Å². The number of carbonyl (C=O) groups is 2. The summed E-state index contributed by atoms with van der Waals surface area (Å²) in [5.74, 6) is -5.47. The molecule has 0 aromatic rings. The molecule has 0 saturated heterocycles. The van der Waals surface area contributed by atoms with Crippen LogP contribution in [0.15, 0.2) is 0 Å². The number of rotatable bonds is 4. The molecule has 5 heteroatoms. The van der Waals surface area contributed by atoms with Crippen LogP contribution in [0, 0.1) is 5.92 Å². The van der Waals surface area contributed by atoms with E-state index in [9.17, 15) is 9.59 Å². The largest absolute Gasteiger partial charge is 0.481 e. The van der Waals surface area contributed by atoms with Gasteiger partial charge in [-0.25, -0.2) is 0 Å². The highest BCUT2D eigenvalue weighted by molar-refractivity contribution is 5.75. The van der Waals surface area contributed by atoms with E-state index in [-0.39, 0.29) is 0 Å². The number of hydrogen-bond acceptors (Lipinski definition) is 3. The summed E-state index contributed by atoms with van der Waals surface area (Å²) in [5.41, 5.74) is 5.00. The Bertz CT molecular complexity index is 266. The Kier molecular flexibility index (Phi) is 1.68. The Labute approximate surface area is 69.4 Å². The van der Waals surface area contributed by atoms with Gasteiger partial charge in [0.05, 0.1) is 5.92 Å². The first-order valence-electron chi connectivity index (χ1n) is 4.80. The van der Waals surface area contributed by atoms with Crippen LogP contribution in [0.3, 0.4) is 0 Å². The SMILES string of the molecule is [2H][C@H]([C@H](N)C(=O)O)[C@@H](C(=O)O)C([2H])([2H])[2H]. The molecular weight excluding hydrogens is 150 g/mol. The zero-order chi connectivity index (χ0) is 12.4. The van der Waals surface area contributed by atoms with E-state index in [0.29, 0.717) is 0 Å². The van der Waals surface area contributed by atoms with Crippen molar-refractivity contribution in [2.24, 2.45) is 11.7 Å². The van der Waals surface area contributed by atoms with Crippen LogP contribution < -0.4 is 5.73 Å². The van der Waals surface area contributed by atoms with E-state index in [4.69, 9.17) is 21.4 Å². The molecule has 0 fully saturated rings. The highest BCUT2D eigenvalue weighted by atomic mass is 16.4. The van der Waals surface area contributed by atoms with Crippen molar-refractivity contribution in [2.75, 3.05) is 0 Å². The second-order valence-corrected chi connectivity index (χ2v) is 1.87. The van der Waals surface area contributed by atoms with Gasteiger partial charge in [-0.15, -0.1) is 0 Å². The molecule has 0 heterocycles. The van der Waals surface area contributed by atoms with Crippen molar-refractivity contribution in [3.63, 3.8) is 0 Å². The first-order valence-corrected chi connectivity index (χ1v) is 2.72. The molecule has 0 rings (SSSR count). The third-order valence-corrected chi connectivity index (χ3v) is 0.951. The summed E-state index contributed by atoms with van der Waals surface area (Å²) in [7, 11) is 0. The van der Waals surface area contributed by atoms with Crippen LogP contribution in [-0.2, 0) is 9.59 Å². The molecule has 0 bridgehead atoms. The fourth-order valence-corrected chi connectivity index (χ4v) is 0.372. The number of carboxylic acids is 2. The lowest BCUT2D eigenvalue weighted by molar-refractivity contribution is -0.143. The number of nitrogens with two attached hydrogens (primary N) is 1. The van der Waals surface area contributed by atoms with Crippen LogP contribution in [0.5, 0.6) is 0 Å². The molecule has 0 saturated carbocycles. The lowest BCUT2D eigenvalue weighted by Gasteiger charge is -2.08. The van der Waals surface area contributed by atoms with E-state index in [2.05, 4.69) is 0 Å². The Hall–Kier alpha value is -1.10. The number of carboxylic acid groups (broad SMARTS) is 2. The Morgan fingerprint density at radius 2 is 2.18 bits per heavy atom. The Balaban J connectivity index is 4.95. The fourth-order valence-electron chi connectivity index (χ4n) is 0.372. The molecule has 11 heavy (non-hydrogen) atoms. The minimum Gasteiger partial charge on any atom is -0.481 e. The van der Waals surface area contributed by atoms with E-state index in [1.165, 1.54) is 0 Å². The van der Waals surface area contributed by atoms with E-state index in [0.717, 1.165) is 0 Å². The second kappa shape index (κ2) is 3.92. The van der Waals surface area contributed by atoms with Crippen LogP contribution in [0.4, 0.5) is 0 Å². The molecule has 0 aliphatic rings. The highest BCUT2D eigenvalue weighted by Gasteiger charge is 2.19. The molecule has 5 nitrogen and oxygen atoms in total. The minimum absolute atomic E-state index is 1.61. The van der Waals surface area contributed by atoms with Gasteiger partial charge in [-0.3, -0.25) is 9.59 Å². The van der Waals surface area contributed by atoms with Crippen LogP contribution in [0.2, 0.25) is 0 Å². The van der Waals surface area contributed by atoms with Gasteiger partial charge >= 0.3 is 11.9 Å². The summed E-state index contributed by atoms with van der Waals surface area (Å²) in [5, 5.41) is 17.0. The lowest BCUT2D eigenvalue weighted by Crippen LogP contribution is -2.33. The standard InChI is InChI=1S/C6H11NO4/c1-3(5(8)9)2-4(7)6(10)11/h3-4H,2,7H2,1H3,(H,8,9)(H,10,11)/t3-,4-/m0/s1/i1D3,2D/t2-,3-,4-. The molecule has 0 radical (unpaired) electrons. The summed E-state index contributed by atoms with van der Waals surface area (Å²) in [4.78, 5) is 21.0. The maximum Gasteiger partial charge on any atom is 0.320 e. The van der Waals surface area contributed by atoms with E-state index < -0.39 is 37.1 Å². The molecular formula is C6H11NO4. The molecule has 0 aliphatic heterocycles. The molecule has 64 valence electrons. The summed E-state index contributed by atoms with van der Waals surface area (Å²) >= 11 is 0. The number of aliphatic carboxylic acids is 2. The maximum absolute atomic E-state index is 10.6. The van der Waals surface area contributed by atoms with Gasteiger partial charge in [-0.2, -0.15) is 0 Å². The van der Waals surface area contributed by atoms with Crippen molar-refractivity contribution in [1.29, 1.82) is 0 Å². The van der Waals surface area contributed by atoms with Crippen LogP contribution in [-0.4, -0.2) is 28.2 Å². The van der Waals surface area contributed by atoms with Gasteiger partial charge in [0.25, 0.3) is 0 Å². The third-order valence-electron chi connectivity index (χ3n) is 0.951. The zero-order valence-electron chi connectivity index (χ0n) is 9.52. The third kappa shape index (κ3) is 3.57. The smallest absolute Gasteiger partial charge is 0.320 e. The first kappa shape index (κ1) is 4.71. The van der Waals surface area contributed by atoms with Crippen molar-refractivity contribution in [1.82, 2.24) is 0 Å². The van der Waals surface area contributed by atoms with Gasteiger partial charge in [0.15, 0.2) is 0 Å². The molecule has 0 aromatic carbocycles.